The van der Waals surface area contributed by atoms with E-state index in [1.54, 1.807) is 12.3 Å². The number of pyridine rings is 1. The Morgan fingerprint density at radius 3 is 2.82 bits per heavy atom. The van der Waals surface area contributed by atoms with Gasteiger partial charge < -0.3 is 16.2 Å². The molecular weight excluding hydrogens is 214 g/mol. The molecule has 1 atom stereocenters. The first kappa shape index (κ1) is 13.9. The minimum atomic E-state index is -0.761. The second kappa shape index (κ2) is 5.98. The van der Waals surface area contributed by atoms with E-state index in [1.165, 1.54) is 0 Å². The molecule has 0 fully saturated rings. The van der Waals surface area contributed by atoms with Crippen LogP contribution in [0.2, 0.25) is 0 Å². The van der Waals surface area contributed by atoms with Crippen LogP contribution in [0.5, 0.6) is 0 Å². The highest BCUT2D eigenvalue weighted by molar-refractivity contribution is 5.32. The molecule has 1 heterocycles. The molecule has 4 heteroatoms. The molecule has 17 heavy (non-hydrogen) atoms. The zero-order valence-corrected chi connectivity index (χ0v) is 10.9. The van der Waals surface area contributed by atoms with Gasteiger partial charge in [-0.15, -0.1) is 0 Å². The Hall–Kier alpha value is -1.13. The van der Waals surface area contributed by atoms with Gasteiger partial charge in [-0.05, 0) is 37.1 Å². The van der Waals surface area contributed by atoms with Gasteiger partial charge in [-0.1, -0.05) is 13.8 Å². The van der Waals surface area contributed by atoms with Crippen LogP contribution in [0.15, 0.2) is 18.3 Å². The van der Waals surface area contributed by atoms with Gasteiger partial charge in [-0.3, -0.25) is 0 Å². The maximum absolute atomic E-state index is 10.2. The predicted molar refractivity (Wildman–Crippen MR) is 70.7 cm³/mol. The van der Waals surface area contributed by atoms with E-state index in [1.807, 2.05) is 13.0 Å². The summed E-state index contributed by atoms with van der Waals surface area (Å²) in [6, 6.07) is 3.68. The van der Waals surface area contributed by atoms with Crippen LogP contribution in [0.4, 0.5) is 5.82 Å². The monoisotopic (exact) mass is 237 g/mol. The topological polar surface area (TPSA) is 71.2 Å². The van der Waals surface area contributed by atoms with E-state index in [4.69, 9.17) is 5.73 Å². The Balaban J connectivity index is 2.48. The van der Waals surface area contributed by atoms with Crippen molar-refractivity contribution in [1.82, 2.24) is 10.3 Å². The smallest absolute Gasteiger partial charge is 0.123 e. The van der Waals surface area contributed by atoms with Crippen LogP contribution >= 0.6 is 0 Å². The van der Waals surface area contributed by atoms with E-state index in [2.05, 4.69) is 24.1 Å². The molecule has 4 nitrogen and oxygen atoms in total. The minimum absolute atomic E-state index is 0.494. The summed E-state index contributed by atoms with van der Waals surface area (Å²) in [6.07, 6.45) is 2.24. The standard InChI is InChI=1S/C13H23N3O/c1-10(2)8-15-9-13(3,17)7-11-4-5-16-12(14)6-11/h4-6,10,15,17H,7-9H2,1-3H3,(H2,14,16). The molecule has 1 rings (SSSR count). The van der Waals surface area contributed by atoms with Gasteiger partial charge in [0.05, 0.1) is 5.60 Å². The fraction of sp³-hybridized carbons (Fsp3) is 0.615. The number of rotatable bonds is 6. The van der Waals surface area contributed by atoms with Crippen molar-refractivity contribution in [3.05, 3.63) is 23.9 Å². The second-order valence-electron chi connectivity index (χ2n) is 5.29. The average molecular weight is 237 g/mol. The third kappa shape index (κ3) is 5.65. The minimum Gasteiger partial charge on any atom is -0.389 e. The van der Waals surface area contributed by atoms with E-state index in [0.29, 0.717) is 24.7 Å². The Morgan fingerprint density at radius 1 is 1.53 bits per heavy atom. The van der Waals surface area contributed by atoms with Crippen molar-refractivity contribution in [2.45, 2.75) is 32.8 Å². The van der Waals surface area contributed by atoms with Gasteiger partial charge in [-0.25, -0.2) is 4.98 Å². The zero-order valence-electron chi connectivity index (χ0n) is 10.9. The molecule has 96 valence electrons. The van der Waals surface area contributed by atoms with Crippen LogP contribution in [0, 0.1) is 5.92 Å². The number of aromatic nitrogens is 1. The Morgan fingerprint density at radius 2 is 2.24 bits per heavy atom. The summed E-state index contributed by atoms with van der Waals surface area (Å²) < 4.78 is 0. The van der Waals surface area contributed by atoms with Crippen LogP contribution in [0.3, 0.4) is 0 Å². The van der Waals surface area contributed by atoms with Crippen molar-refractivity contribution in [2.75, 3.05) is 18.8 Å². The van der Waals surface area contributed by atoms with E-state index in [0.717, 1.165) is 12.1 Å². The summed E-state index contributed by atoms with van der Waals surface area (Å²) in [4.78, 5) is 3.94. The van der Waals surface area contributed by atoms with Crippen LogP contribution in [-0.2, 0) is 6.42 Å². The molecule has 0 aromatic carbocycles. The molecular formula is C13H23N3O. The fourth-order valence-electron chi connectivity index (χ4n) is 1.74. The number of nitrogen functional groups attached to an aromatic ring is 1. The van der Waals surface area contributed by atoms with Gasteiger partial charge in [0.2, 0.25) is 0 Å². The van der Waals surface area contributed by atoms with E-state index in [-0.39, 0.29) is 0 Å². The lowest BCUT2D eigenvalue weighted by atomic mass is 9.97. The lowest BCUT2D eigenvalue weighted by Gasteiger charge is -2.24. The molecule has 4 N–H and O–H groups in total. The number of nitrogens with one attached hydrogen (secondary N) is 1. The van der Waals surface area contributed by atoms with Crippen LogP contribution in [0.25, 0.3) is 0 Å². The van der Waals surface area contributed by atoms with E-state index < -0.39 is 5.60 Å². The quantitative estimate of drug-likeness (QED) is 0.695. The van der Waals surface area contributed by atoms with Crippen molar-refractivity contribution < 1.29 is 5.11 Å². The highest BCUT2D eigenvalue weighted by Crippen LogP contribution is 2.13. The molecule has 0 aliphatic carbocycles. The summed E-state index contributed by atoms with van der Waals surface area (Å²) in [5, 5.41) is 13.5. The Labute approximate surface area is 103 Å². The predicted octanol–water partition coefficient (Wildman–Crippen LogP) is 1.20. The van der Waals surface area contributed by atoms with Gasteiger partial charge >= 0.3 is 0 Å². The largest absolute Gasteiger partial charge is 0.389 e. The Bertz CT molecular complexity index is 350. The first-order chi connectivity index (χ1) is 7.89. The average Bonchev–Trinajstić information content (AvgIpc) is 2.15. The molecule has 0 saturated heterocycles. The number of aliphatic hydroxyl groups is 1. The van der Waals surface area contributed by atoms with Crippen molar-refractivity contribution in [2.24, 2.45) is 5.92 Å². The number of nitrogens with two attached hydrogens (primary N) is 1. The van der Waals surface area contributed by atoms with Gasteiger partial charge in [0.25, 0.3) is 0 Å². The first-order valence-corrected chi connectivity index (χ1v) is 6.02. The second-order valence-corrected chi connectivity index (χ2v) is 5.29. The molecule has 0 radical (unpaired) electrons. The maximum atomic E-state index is 10.2. The van der Waals surface area contributed by atoms with Gasteiger partial charge in [0.15, 0.2) is 0 Å². The van der Waals surface area contributed by atoms with Gasteiger partial charge in [0.1, 0.15) is 5.82 Å². The normalized spacial score (nSPS) is 14.9. The SMILES string of the molecule is CC(C)CNCC(C)(O)Cc1ccnc(N)c1. The van der Waals surface area contributed by atoms with Crippen molar-refractivity contribution in [3.63, 3.8) is 0 Å². The van der Waals surface area contributed by atoms with Gasteiger partial charge in [0, 0.05) is 19.2 Å². The fourth-order valence-corrected chi connectivity index (χ4v) is 1.74. The molecule has 0 amide bonds. The highest BCUT2D eigenvalue weighted by atomic mass is 16.3. The third-order valence-electron chi connectivity index (χ3n) is 2.49. The molecule has 1 unspecified atom stereocenters. The summed E-state index contributed by atoms with van der Waals surface area (Å²) >= 11 is 0. The number of hydrogen-bond donors (Lipinski definition) is 3. The summed E-state index contributed by atoms with van der Waals surface area (Å²) in [5.74, 6) is 1.08. The number of anilines is 1. The number of nitrogens with zero attached hydrogens (tertiary/aromatic N) is 1. The van der Waals surface area contributed by atoms with Crippen LogP contribution < -0.4 is 11.1 Å². The number of hydrogen-bond acceptors (Lipinski definition) is 4. The Kier molecular flexibility index (Phi) is 4.90. The van der Waals surface area contributed by atoms with Crippen LogP contribution in [-0.4, -0.2) is 28.8 Å². The summed E-state index contributed by atoms with van der Waals surface area (Å²) in [6.45, 7) is 7.61. The molecule has 0 aliphatic heterocycles. The zero-order chi connectivity index (χ0) is 12.9. The lowest BCUT2D eigenvalue weighted by molar-refractivity contribution is 0.0596. The molecule has 0 saturated carbocycles. The van der Waals surface area contributed by atoms with E-state index in [9.17, 15) is 5.11 Å². The van der Waals surface area contributed by atoms with Crippen molar-refractivity contribution in [1.29, 1.82) is 0 Å². The van der Waals surface area contributed by atoms with Crippen molar-refractivity contribution >= 4 is 5.82 Å². The molecule has 1 aromatic rings. The molecule has 0 aliphatic rings. The van der Waals surface area contributed by atoms with Gasteiger partial charge in [-0.2, -0.15) is 0 Å². The van der Waals surface area contributed by atoms with Crippen molar-refractivity contribution in [3.8, 4) is 0 Å². The van der Waals surface area contributed by atoms with E-state index >= 15 is 0 Å². The van der Waals surface area contributed by atoms with Crippen LogP contribution in [0.1, 0.15) is 26.3 Å². The molecule has 0 bridgehead atoms. The molecule has 0 spiro atoms. The third-order valence-corrected chi connectivity index (χ3v) is 2.49. The molecule has 1 aromatic heterocycles. The maximum Gasteiger partial charge on any atom is 0.123 e. The highest BCUT2D eigenvalue weighted by Gasteiger charge is 2.20. The summed E-state index contributed by atoms with van der Waals surface area (Å²) in [7, 11) is 0. The first-order valence-electron chi connectivity index (χ1n) is 6.02. The summed E-state index contributed by atoms with van der Waals surface area (Å²) in [5.41, 5.74) is 5.86. The lowest BCUT2D eigenvalue weighted by Crippen LogP contribution is -2.40.